The van der Waals surface area contributed by atoms with E-state index in [1.807, 2.05) is 23.5 Å². The molecule has 2 heterocycles. The SMILES string of the molecule is CCc1cc(CC(NN)C2CSCCN2C)n(C)n1. The molecule has 2 rings (SSSR count). The van der Waals surface area contributed by atoms with Crippen LogP contribution >= 0.6 is 11.8 Å². The first kappa shape index (κ1) is 14.8. The fourth-order valence-electron chi connectivity index (χ4n) is 2.60. The molecule has 1 saturated heterocycles. The Labute approximate surface area is 119 Å². The largest absolute Gasteiger partial charge is 0.300 e. The molecular weight excluding hydrogens is 258 g/mol. The van der Waals surface area contributed by atoms with Gasteiger partial charge in [-0.2, -0.15) is 16.9 Å². The minimum absolute atomic E-state index is 0.276. The van der Waals surface area contributed by atoms with Crippen LogP contribution < -0.4 is 11.3 Å². The van der Waals surface area contributed by atoms with Gasteiger partial charge in [-0.25, -0.2) is 0 Å². The molecule has 1 fully saturated rings. The van der Waals surface area contributed by atoms with E-state index in [4.69, 9.17) is 5.84 Å². The number of nitrogens with one attached hydrogen (secondary N) is 1. The number of nitrogens with two attached hydrogens (primary N) is 1. The summed E-state index contributed by atoms with van der Waals surface area (Å²) in [6.45, 7) is 3.27. The summed E-state index contributed by atoms with van der Waals surface area (Å²) in [5, 5.41) is 4.51. The average molecular weight is 283 g/mol. The summed E-state index contributed by atoms with van der Waals surface area (Å²) < 4.78 is 1.99. The number of aromatic nitrogens is 2. The zero-order valence-corrected chi connectivity index (χ0v) is 12.9. The van der Waals surface area contributed by atoms with Crippen molar-refractivity contribution in [2.45, 2.75) is 31.8 Å². The molecule has 19 heavy (non-hydrogen) atoms. The molecule has 0 radical (unpaired) electrons. The van der Waals surface area contributed by atoms with Crippen molar-refractivity contribution in [3.05, 3.63) is 17.5 Å². The van der Waals surface area contributed by atoms with Crippen LogP contribution in [0.1, 0.15) is 18.3 Å². The van der Waals surface area contributed by atoms with Crippen LogP contribution in [0.5, 0.6) is 0 Å². The molecule has 108 valence electrons. The van der Waals surface area contributed by atoms with Crippen LogP contribution in [0, 0.1) is 0 Å². The van der Waals surface area contributed by atoms with Crippen molar-refractivity contribution < 1.29 is 0 Å². The number of hydrogen-bond donors (Lipinski definition) is 2. The van der Waals surface area contributed by atoms with Crippen LogP contribution in [-0.4, -0.2) is 51.9 Å². The molecule has 5 nitrogen and oxygen atoms in total. The lowest BCUT2D eigenvalue weighted by molar-refractivity contribution is 0.213. The molecule has 1 aromatic heterocycles. The van der Waals surface area contributed by atoms with Gasteiger partial charge < -0.3 is 4.90 Å². The maximum atomic E-state index is 5.79. The van der Waals surface area contributed by atoms with E-state index >= 15 is 0 Å². The number of nitrogens with zero attached hydrogens (tertiary/aromatic N) is 3. The molecule has 0 aliphatic carbocycles. The van der Waals surface area contributed by atoms with E-state index in [-0.39, 0.29) is 6.04 Å². The number of likely N-dealkylation sites (N-methyl/N-ethyl adjacent to an activating group) is 1. The third-order valence-electron chi connectivity index (χ3n) is 3.94. The topological polar surface area (TPSA) is 59.1 Å². The maximum Gasteiger partial charge on any atom is 0.0624 e. The van der Waals surface area contributed by atoms with Gasteiger partial charge in [0.05, 0.1) is 5.69 Å². The fourth-order valence-corrected chi connectivity index (χ4v) is 3.91. The maximum absolute atomic E-state index is 5.79. The molecule has 2 unspecified atom stereocenters. The molecule has 3 N–H and O–H groups in total. The highest BCUT2D eigenvalue weighted by atomic mass is 32.2. The van der Waals surface area contributed by atoms with Gasteiger partial charge in [0.1, 0.15) is 0 Å². The molecule has 1 aromatic rings. The average Bonchev–Trinajstić information content (AvgIpc) is 2.77. The van der Waals surface area contributed by atoms with E-state index in [2.05, 4.69) is 35.5 Å². The monoisotopic (exact) mass is 283 g/mol. The van der Waals surface area contributed by atoms with E-state index < -0.39 is 0 Å². The highest BCUT2D eigenvalue weighted by molar-refractivity contribution is 7.99. The first-order valence-corrected chi connectivity index (χ1v) is 8.07. The van der Waals surface area contributed by atoms with Crippen molar-refractivity contribution in [3.63, 3.8) is 0 Å². The Bertz CT molecular complexity index is 406. The number of rotatable bonds is 5. The van der Waals surface area contributed by atoms with Gasteiger partial charge in [0.25, 0.3) is 0 Å². The van der Waals surface area contributed by atoms with Crippen LogP contribution in [0.15, 0.2) is 6.07 Å². The summed E-state index contributed by atoms with van der Waals surface area (Å²) in [4.78, 5) is 2.41. The summed E-state index contributed by atoms with van der Waals surface area (Å²) >= 11 is 2.02. The quantitative estimate of drug-likeness (QED) is 0.605. The Morgan fingerprint density at radius 1 is 1.58 bits per heavy atom. The molecule has 2 atom stereocenters. The summed E-state index contributed by atoms with van der Waals surface area (Å²) in [6.07, 6.45) is 1.91. The van der Waals surface area contributed by atoms with Crippen molar-refractivity contribution in [2.24, 2.45) is 12.9 Å². The van der Waals surface area contributed by atoms with Crippen LogP contribution in [0.3, 0.4) is 0 Å². The third-order valence-corrected chi connectivity index (χ3v) is 4.99. The van der Waals surface area contributed by atoms with Crippen molar-refractivity contribution in [2.75, 3.05) is 25.1 Å². The fraction of sp³-hybridized carbons (Fsp3) is 0.769. The van der Waals surface area contributed by atoms with Gasteiger partial charge in [0.15, 0.2) is 0 Å². The van der Waals surface area contributed by atoms with Gasteiger partial charge in [-0.15, -0.1) is 0 Å². The highest BCUT2D eigenvalue weighted by Crippen LogP contribution is 2.19. The van der Waals surface area contributed by atoms with E-state index in [1.165, 1.54) is 11.4 Å². The molecule has 0 spiro atoms. The number of hydrazine groups is 1. The zero-order chi connectivity index (χ0) is 13.8. The highest BCUT2D eigenvalue weighted by Gasteiger charge is 2.28. The number of hydrogen-bond acceptors (Lipinski definition) is 5. The van der Waals surface area contributed by atoms with Gasteiger partial charge in [-0.3, -0.25) is 16.0 Å². The molecular formula is C13H25N5S. The Hall–Kier alpha value is -0.560. The second-order valence-electron chi connectivity index (χ2n) is 5.20. The van der Waals surface area contributed by atoms with Crippen LogP contribution in [0.4, 0.5) is 0 Å². The van der Waals surface area contributed by atoms with Crippen LogP contribution in [0.25, 0.3) is 0 Å². The third kappa shape index (κ3) is 3.51. The summed E-state index contributed by atoms with van der Waals surface area (Å²) in [6, 6.07) is 2.96. The van der Waals surface area contributed by atoms with E-state index in [1.54, 1.807) is 0 Å². The predicted molar refractivity (Wildman–Crippen MR) is 81.1 cm³/mol. The van der Waals surface area contributed by atoms with Crippen molar-refractivity contribution in [3.8, 4) is 0 Å². The summed E-state index contributed by atoms with van der Waals surface area (Å²) in [5.41, 5.74) is 5.41. The van der Waals surface area contributed by atoms with Gasteiger partial charge >= 0.3 is 0 Å². The molecule has 0 saturated carbocycles. The minimum atomic E-state index is 0.276. The first-order chi connectivity index (χ1) is 9.15. The lowest BCUT2D eigenvalue weighted by Gasteiger charge is -2.37. The Morgan fingerprint density at radius 2 is 2.37 bits per heavy atom. The normalized spacial score (nSPS) is 22.6. The summed E-state index contributed by atoms with van der Waals surface area (Å²) in [7, 11) is 4.21. The second kappa shape index (κ2) is 6.74. The zero-order valence-electron chi connectivity index (χ0n) is 12.1. The molecule has 6 heteroatoms. The predicted octanol–water partition coefficient (Wildman–Crippen LogP) is 0.404. The van der Waals surface area contributed by atoms with Crippen molar-refractivity contribution in [1.29, 1.82) is 0 Å². The van der Waals surface area contributed by atoms with E-state index in [9.17, 15) is 0 Å². The smallest absolute Gasteiger partial charge is 0.0624 e. The molecule has 0 bridgehead atoms. The van der Waals surface area contributed by atoms with Crippen molar-refractivity contribution >= 4 is 11.8 Å². The van der Waals surface area contributed by atoms with Gasteiger partial charge in [0.2, 0.25) is 0 Å². The standard InChI is InChI=1S/C13H25N5S/c1-4-10-7-11(18(3)16-10)8-12(15-14)13-9-19-6-5-17(13)2/h7,12-13,15H,4-6,8-9,14H2,1-3H3. The molecule has 1 aliphatic heterocycles. The summed E-state index contributed by atoms with van der Waals surface area (Å²) in [5.74, 6) is 8.15. The Morgan fingerprint density at radius 3 is 2.95 bits per heavy atom. The first-order valence-electron chi connectivity index (χ1n) is 6.91. The molecule has 0 amide bonds. The van der Waals surface area contributed by atoms with E-state index in [0.717, 1.165) is 30.8 Å². The Kier molecular flexibility index (Phi) is 5.27. The second-order valence-corrected chi connectivity index (χ2v) is 6.35. The lowest BCUT2D eigenvalue weighted by atomic mass is 10.0. The minimum Gasteiger partial charge on any atom is -0.300 e. The number of aryl methyl sites for hydroxylation is 2. The van der Waals surface area contributed by atoms with E-state index in [0.29, 0.717) is 6.04 Å². The van der Waals surface area contributed by atoms with Crippen LogP contribution in [-0.2, 0) is 19.9 Å². The number of thioether (sulfide) groups is 1. The molecule has 1 aliphatic rings. The van der Waals surface area contributed by atoms with Crippen LogP contribution in [0.2, 0.25) is 0 Å². The lowest BCUT2D eigenvalue weighted by Crippen LogP contribution is -2.55. The Balaban J connectivity index is 2.07. The van der Waals surface area contributed by atoms with Gasteiger partial charge in [-0.05, 0) is 19.5 Å². The van der Waals surface area contributed by atoms with Gasteiger partial charge in [0, 0.05) is 49.3 Å². The van der Waals surface area contributed by atoms with Crippen molar-refractivity contribution in [1.82, 2.24) is 20.1 Å². The van der Waals surface area contributed by atoms with Gasteiger partial charge in [-0.1, -0.05) is 6.92 Å². The molecule has 0 aromatic carbocycles.